The first-order chi connectivity index (χ1) is 14.1. The molecule has 29 heavy (non-hydrogen) atoms. The molecule has 4 rings (SSSR count). The van der Waals surface area contributed by atoms with Gasteiger partial charge in [-0.3, -0.25) is 19.8 Å². The second-order valence-electron chi connectivity index (χ2n) is 6.79. The molecule has 0 radical (unpaired) electrons. The quantitative estimate of drug-likeness (QED) is 0.349. The van der Waals surface area contributed by atoms with Gasteiger partial charge < -0.3 is 4.74 Å². The molecule has 3 aromatic rings. The van der Waals surface area contributed by atoms with Crippen LogP contribution in [-0.4, -0.2) is 22.3 Å². The first-order valence-electron chi connectivity index (χ1n) is 9.42. The third-order valence-corrected chi connectivity index (χ3v) is 5.13. The molecule has 1 amide bonds. The molecule has 1 aliphatic rings. The maximum atomic E-state index is 13.4. The van der Waals surface area contributed by atoms with Crippen LogP contribution in [0.15, 0.2) is 84.9 Å². The summed E-state index contributed by atoms with van der Waals surface area (Å²) in [4.78, 5) is 25.6. The van der Waals surface area contributed by atoms with Crippen molar-refractivity contribution < 1.29 is 14.5 Å². The third-order valence-electron chi connectivity index (χ3n) is 5.13. The number of carbonyl (C=O) groups excluding carboxylic acids is 1. The van der Waals surface area contributed by atoms with E-state index in [0.717, 1.165) is 11.1 Å². The number of hydrogen-bond acceptors (Lipinski definition) is 4. The van der Waals surface area contributed by atoms with Gasteiger partial charge in [0, 0.05) is 29.9 Å². The molecule has 2 unspecified atom stereocenters. The highest BCUT2D eigenvalue weighted by molar-refractivity contribution is 5.97. The van der Waals surface area contributed by atoms with Crippen molar-refractivity contribution in [3.05, 3.63) is 112 Å². The van der Waals surface area contributed by atoms with Crippen LogP contribution < -0.4 is 0 Å². The molecule has 6 nitrogen and oxygen atoms in total. The number of amides is 1. The lowest BCUT2D eigenvalue weighted by atomic mass is 10.0. The monoisotopic (exact) mass is 388 g/mol. The van der Waals surface area contributed by atoms with Crippen LogP contribution in [0.3, 0.4) is 0 Å². The minimum Gasteiger partial charge on any atom is -0.349 e. The van der Waals surface area contributed by atoms with Crippen molar-refractivity contribution in [2.24, 2.45) is 0 Å². The van der Waals surface area contributed by atoms with E-state index in [-0.39, 0.29) is 17.6 Å². The van der Waals surface area contributed by atoms with E-state index in [1.807, 2.05) is 67.6 Å². The molecule has 3 aromatic carbocycles. The lowest BCUT2D eigenvalue weighted by Crippen LogP contribution is -2.25. The van der Waals surface area contributed by atoms with Gasteiger partial charge in [0.2, 0.25) is 0 Å². The Kier molecular flexibility index (Phi) is 4.86. The van der Waals surface area contributed by atoms with Crippen LogP contribution in [0.25, 0.3) is 0 Å². The number of non-ortho nitro benzene ring substituents is 1. The normalized spacial score (nSPS) is 20.3. The summed E-state index contributed by atoms with van der Waals surface area (Å²) in [7, 11) is 0. The average molecular weight is 388 g/mol. The van der Waals surface area contributed by atoms with Crippen LogP contribution in [0, 0.1) is 10.1 Å². The molecule has 0 bridgehead atoms. The zero-order chi connectivity index (χ0) is 20.4. The van der Waals surface area contributed by atoms with Gasteiger partial charge in [0.05, 0.1) is 4.92 Å². The van der Waals surface area contributed by atoms with Crippen molar-refractivity contribution in [3.63, 3.8) is 0 Å². The van der Waals surface area contributed by atoms with Crippen LogP contribution in [0.5, 0.6) is 0 Å². The Bertz CT molecular complexity index is 1020. The van der Waals surface area contributed by atoms with Crippen molar-refractivity contribution in [2.45, 2.75) is 18.7 Å². The van der Waals surface area contributed by atoms with Gasteiger partial charge in [-0.05, 0) is 24.6 Å². The van der Waals surface area contributed by atoms with E-state index in [4.69, 9.17) is 4.74 Å². The smallest absolute Gasteiger partial charge is 0.269 e. The fourth-order valence-electron chi connectivity index (χ4n) is 3.84. The van der Waals surface area contributed by atoms with Crippen molar-refractivity contribution in [1.29, 1.82) is 0 Å². The predicted octanol–water partition coefficient (Wildman–Crippen LogP) is 4.68. The summed E-state index contributed by atoms with van der Waals surface area (Å²) in [6.45, 7) is 2.34. The summed E-state index contributed by atoms with van der Waals surface area (Å²) in [5, 5.41) is 10.9. The Balaban J connectivity index is 1.78. The number of benzene rings is 3. The molecule has 0 aromatic heterocycles. The Morgan fingerprint density at radius 1 is 1.00 bits per heavy atom. The summed E-state index contributed by atoms with van der Waals surface area (Å²) in [5.74, 6) is -0.231. The highest BCUT2D eigenvalue weighted by atomic mass is 16.6. The first kappa shape index (κ1) is 18.8. The molecule has 1 fully saturated rings. The predicted molar refractivity (Wildman–Crippen MR) is 108 cm³/mol. The van der Waals surface area contributed by atoms with E-state index in [1.54, 1.807) is 4.90 Å². The minimum atomic E-state index is -0.907. The van der Waals surface area contributed by atoms with Crippen LogP contribution in [0.1, 0.15) is 34.5 Å². The zero-order valence-corrected chi connectivity index (χ0v) is 15.9. The molecular weight excluding hydrogens is 368 g/mol. The van der Waals surface area contributed by atoms with Gasteiger partial charge in [-0.2, -0.15) is 0 Å². The number of nitro groups is 1. The molecule has 1 saturated heterocycles. The van der Waals surface area contributed by atoms with Gasteiger partial charge in [-0.25, -0.2) is 0 Å². The van der Waals surface area contributed by atoms with Crippen molar-refractivity contribution in [1.82, 2.24) is 4.90 Å². The fourth-order valence-corrected chi connectivity index (χ4v) is 3.84. The van der Waals surface area contributed by atoms with Gasteiger partial charge in [0.25, 0.3) is 11.6 Å². The number of hydrogen-bond donors (Lipinski definition) is 0. The topological polar surface area (TPSA) is 72.5 Å². The SMILES string of the molecule is CCOC1(c2ccccc2)C(c2ccccc2)N1C(=O)c1ccc([N+](=O)[O-])cc1. The molecule has 0 spiro atoms. The van der Waals surface area contributed by atoms with Gasteiger partial charge in [-0.1, -0.05) is 60.7 Å². The van der Waals surface area contributed by atoms with Crippen LogP contribution in [-0.2, 0) is 10.5 Å². The summed E-state index contributed by atoms with van der Waals surface area (Å²) >= 11 is 0. The lowest BCUT2D eigenvalue weighted by molar-refractivity contribution is -0.384. The maximum Gasteiger partial charge on any atom is 0.269 e. The Morgan fingerprint density at radius 3 is 2.14 bits per heavy atom. The highest BCUT2D eigenvalue weighted by Crippen LogP contribution is 2.61. The summed E-state index contributed by atoms with van der Waals surface area (Å²) in [5.41, 5.74) is 1.29. The van der Waals surface area contributed by atoms with Crippen molar-refractivity contribution >= 4 is 11.6 Å². The number of rotatable bonds is 6. The summed E-state index contributed by atoms with van der Waals surface area (Å²) in [6, 6.07) is 24.8. The molecule has 1 aliphatic heterocycles. The Morgan fingerprint density at radius 2 is 1.59 bits per heavy atom. The van der Waals surface area contributed by atoms with E-state index in [0.29, 0.717) is 12.2 Å². The number of ether oxygens (including phenoxy) is 1. The van der Waals surface area contributed by atoms with Crippen molar-refractivity contribution in [3.8, 4) is 0 Å². The Hall–Kier alpha value is -3.51. The first-order valence-corrected chi connectivity index (χ1v) is 9.42. The molecular formula is C23H20N2O4. The van der Waals surface area contributed by atoms with Gasteiger partial charge in [-0.15, -0.1) is 0 Å². The molecule has 0 aliphatic carbocycles. The van der Waals surface area contributed by atoms with Crippen LogP contribution in [0.4, 0.5) is 5.69 Å². The van der Waals surface area contributed by atoms with Crippen LogP contribution in [0.2, 0.25) is 0 Å². The maximum absolute atomic E-state index is 13.4. The van der Waals surface area contributed by atoms with Gasteiger partial charge >= 0.3 is 0 Å². The van der Waals surface area contributed by atoms with E-state index in [9.17, 15) is 14.9 Å². The van der Waals surface area contributed by atoms with E-state index in [2.05, 4.69) is 0 Å². The molecule has 0 N–H and O–H groups in total. The summed E-state index contributed by atoms with van der Waals surface area (Å²) in [6.07, 6.45) is 0. The molecule has 1 heterocycles. The van der Waals surface area contributed by atoms with Crippen molar-refractivity contribution in [2.75, 3.05) is 6.61 Å². The van der Waals surface area contributed by atoms with Crippen LogP contribution >= 0.6 is 0 Å². The largest absolute Gasteiger partial charge is 0.349 e. The third kappa shape index (κ3) is 3.17. The average Bonchev–Trinajstić information content (AvgIpc) is 3.44. The standard InChI is InChI=1S/C23H20N2O4/c1-2-29-23(19-11-7-4-8-12-19)21(17-9-5-3-6-10-17)24(23)22(26)18-13-15-20(16-14-18)25(27)28/h3-16,21H,2H2,1H3. The van der Waals surface area contributed by atoms with E-state index in [1.165, 1.54) is 24.3 Å². The summed E-state index contributed by atoms with van der Waals surface area (Å²) < 4.78 is 6.21. The van der Waals surface area contributed by atoms with E-state index >= 15 is 0 Å². The number of nitro benzene ring substituents is 1. The Labute approximate surface area is 168 Å². The molecule has 2 atom stereocenters. The lowest BCUT2D eigenvalue weighted by Gasteiger charge is -2.18. The number of carbonyl (C=O) groups is 1. The molecule has 146 valence electrons. The second-order valence-corrected chi connectivity index (χ2v) is 6.79. The molecule has 0 saturated carbocycles. The second kappa shape index (κ2) is 7.48. The van der Waals surface area contributed by atoms with Gasteiger partial charge in [0.1, 0.15) is 6.04 Å². The minimum absolute atomic E-state index is 0.0499. The zero-order valence-electron chi connectivity index (χ0n) is 15.9. The molecule has 6 heteroatoms. The highest BCUT2D eigenvalue weighted by Gasteiger charge is 2.68. The van der Waals surface area contributed by atoms with Gasteiger partial charge in [0.15, 0.2) is 5.72 Å². The fraction of sp³-hybridized carbons (Fsp3) is 0.174. The van der Waals surface area contributed by atoms with E-state index < -0.39 is 10.6 Å². The number of nitrogens with zero attached hydrogens (tertiary/aromatic N) is 2.